The van der Waals surface area contributed by atoms with Crippen molar-refractivity contribution in [2.45, 2.75) is 18.9 Å². The first kappa shape index (κ1) is 10.8. The quantitative estimate of drug-likeness (QED) is 0.900. The molecule has 0 bridgehead atoms. The summed E-state index contributed by atoms with van der Waals surface area (Å²) in [5.74, 6) is -0.0660. The summed E-state index contributed by atoms with van der Waals surface area (Å²) in [6, 6.07) is 1.40. The van der Waals surface area contributed by atoms with Gasteiger partial charge in [0, 0.05) is 17.3 Å². The zero-order chi connectivity index (χ0) is 10.9. The molecule has 1 atom stereocenters. The number of hydrogen-bond donors (Lipinski definition) is 1. The number of nitrogens with zero attached hydrogens (tertiary/aromatic N) is 1. The molecule has 15 heavy (non-hydrogen) atoms. The molecule has 0 spiro atoms. The lowest BCUT2D eigenvalue weighted by Crippen LogP contribution is -2.35. The number of anilines is 1. The zero-order valence-corrected chi connectivity index (χ0v) is 9.97. The average molecular weight is 275 g/mol. The monoisotopic (exact) mass is 274 g/mol. The predicted molar refractivity (Wildman–Crippen MR) is 59.4 cm³/mol. The normalized spacial score (nSPS) is 25.5. The van der Waals surface area contributed by atoms with Crippen LogP contribution >= 0.6 is 15.9 Å². The van der Waals surface area contributed by atoms with E-state index in [1.54, 1.807) is 6.20 Å². The van der Waals surface area contributed by atoms with Crippen molar-refractivity contribution in [1.82, 2.24) is 4.98 Å². The molecular weight excluding hydrogens is 263 g/mol. The van der Waals surface area contributed by atoms with Gasteiger partial charge in [0.25, 0.3) is 0 Å². The molecule has 1 unspecified atom stereocenters. The smallest absolute Gasteiger partial charge is 0.166 e. The van der Waals surface area contributed by atoms with E-state index in [2.05, 4.69) is 26.2 Å². The summed E-state index contributed by atoms with van der Waals surface area (Å²) >= 11 is 3.17. The molecule has 1 aliphatic rings. The second-order valence-electron chi connectivity index (χ2n) is 3.97. The molecule has 1 N–H and O–H groups in total. The molecule has 0 aromatic carbocycles. The summed E-state index contributed by atoms with van der Waals surface area (Å²) in [6.45, 7) is 3.30. The Kier molecular flexibility index (Phi) is 2.93. The van der Waals surface area contributed by atoms with Crippen molar-refractivity contribution in [3.05, 3.63) is 22.6 Å². The van der Waals surface area contributed by atoms with Crippen molar-refractivity contribution in [2.75, 3.05) is 18.5 Å². The Morgan fingerprint density at radius 3 is 3.07 bits per heavy atom. The predicted octanol–water partition coefficient (Wildman–Crippen LogP) is 2.57. The Morgan fingerprint density at radius 1 is 1.67 bits per heavy atom. The first-order valence-electron chi connectivity index (χ1n) is 4.76. The summed E-state index contributed by atoms with van der Waals surface area (Å²) in [6.07, 6.45) is 2.44. The van der Waals surface area contributed by atoms with Gasteiger partial charge < -0.3 is 10.1 Å². The van der Waals surface area contributed by atoms with Gasteiger partial charge in [0.15, 0.2) is 11.6 Å². The van der Waals surface area contributed by atoms with Crippen LogP contribution in [0.5, 0.6) is 0 Å². The second kappa shape index (κ2) is 4.06. The largest absolute Gasteiger partial charge is 0.379 e. The van der Waals surface area contributed by atoms with Gasteiger partial charge in [-0.3, -0.25) is 0 Å². The highest BCUT2D eigenvalue weighted by molar-refractivity contribution is 9.10. The van der Waals surface area contributed by atoms with Crippen LogP contribution in [-0.2, 0) is 4.74 Å². The van der Waals surface area contributed by atoms with Crippen LogP contribution < -0.4 is 5.32 Å². The summed E-state index contributed by atoms with van der Waals surface area (Å²) in [7, 11) is 0. The summed E-state index contributed by atoms with van der Waals surface area (Å²) in [4.78, 5) is 4.00. The molecule has 0 amide bonds. The first-order chi connectivity index (χ1) is 7.09. The van der Waals surface area contributed by atoms with E-state index in [1.165, 1.54) is 6.07 Å². The van der Waals surface area contributed by atoms with Gasteiger partial charge in [0.1, 0.15) is 0 Å². The number of pyridine rings is 1. The van der Waals surface area contributed by atoms with E-state index in [0.717, 1.165) is 6.42 Å². The van der Waals surface area contributed by atoms with Crippen LogP contribution in [0.4, 0.5) is 10.2 Å². The van der Waals surface area contributed by atoms with Crippen LogP contribution in [0.1, 0.15) is 13.3 Å². The third-order valence-corrected chi connectivity index (χ3v) is 2.88. The number of ether oxygens (including phenoxy) is 1. The van der Waals surface area contributed by atoms with E-state index in [4.69, 9.17) is 4.74 Å². The van der Waals surface area contributed by atoms with E-state index in [9.17, 15) is 4.39 Å². The maximum absolute atomic E-state index is 13.5. The molecule has 1 fully saturated rings. The Bertz CT molecular complexity index is 366. The minimum atomic E-state index is -0.350. The van der Waals surface area contributed by atoms with Gasteiger partial charge in [-0.05, 0) is 35.3 Å². The van der Waals surface area contributed by atoms with Gasteiger partial charge in [-0.2, -0.15) is 0 Å². The van der Waals surface area contributed by atoms with Crippen LogP contribution in [0.3, 0.4) is 0 Å². The molecular formula is C10H12BrFN2O. The summed E-state index contributed by atoms with van der Waals surface area (Å²) in [5, 5.41) is 3.08. The molecule has 0 saturated carbocycles. The number of nitrogens with one attached hydrogen (secondary N) is 1. The minimum absolute atomic E-state index is 0.207. The SMILES string of the molecule is CC1(Nc2ncc(Br)cc2F)CCOC1. The van der Waals surface area contributed by atoms with E-state index in [1.807, 2.05) is 6.92 Å². The fourth-order valence-electron chi connectivity index (χ4n) is 1.56. The van der Waals surface area contributed by atoms with E-state index in [0.29, 0.717) is 17.7 Å². The molecule has 0 radical (unpaired) electrons. The van der Waals surface area contributed by atoms with Crippen molar-refractivity contribution in [1.29, 1.82) is 0 Å². The van der Waals surface area contributed by atoms with E-state index < -0.39 is 0 Å². The van der Waals surface area contributed by atoms with Gasteiger partial charge >= 0.3 is 0 Å². The molecule has 1 saturated heterocycles. The van der Waals surface area contributed by atoms with Gasteiger partial charge in [0.2, 0.25) is 0 Å². The summed E-state index contributed by atoms with van der Waals surface area (Å²) in [5.41, 5.74) is -0.207. The lowest BCUT2D eigenvalue weighted by Gasteiger charge is -2.24. The summed E-state index contributed by atoms with van der Waals surface area (Å²) < 4.78 is 19.4. The topological polar surface area (TPSA) is 34.2 Å². The highest BCUT2D eigenvalue weighted by Crippen LogP contribution is 2.25. The Labute approximate surface area is 96.2 Å². The minimum Gasteiger partial charge on any atom is -0.379 e. The van der Waals surface area contributed by atoms with Crippen molar-refractivity contribution in [3.8, 4) is 0 Å². The number of hydrogen-bond acceptors (Lipinski definition) is 3. The molecule has 5 heteroatoms. The van der Waals surface area contributed by atoms with Crippen molar-refractivity contribution >= 4 is 21.7 Å². The fraction of sp³-hybridized carbons (Fsp3) is 0.500. The zero-order valence-electron chi connectivity index (χ0n) is 8.39. The molecule has 2 rings (SSSR count). The van der Waals surface area contributed by atoms with Crippen molar-refractivity contribution in [2.24, 2.45) is 0 Å². The van der Waals surface area contributed by atoms with Gasteiger partial charge in [-0.1, -0.05) is 0 Å². The third kappa shape index (κ3) is 2.46. The average Bonchev–Trinajstić information content (AvgIpc) is 2.58. The molecule has 1 aliphatic heterocycles. The number of aromatic nitrogens is 1. The Morgan fingerprint density at radius 2 is 2.47 bits per heavy atom. The molecule has 1 aromatic rings. The molecule has 1 aromatic heterocycles. The molecule has 3 nitrogen and oxygen atoms in total. The lowest BCUT2D eigenvalue weighted by molar-refractivity contribution is 0.185. The van der Waals surface area contributed by atoms with Crippen molar-refractivity contribution < 1.29 is 9.13 Å². The highest BCUT2D eigenvalue weighted by atomic mass is 79.9. The van der Waals surface area contributed by atoms with Crippen molar-refractivity contribution in [3.63, 3.8) is 0 Å². The van der Waals surface area contributed by atoms with Crippen LogP contribution in [0.25, 0.3) is 0 Å². The van der Waals surface area contributed by atoms with Crippen LogP contribution in [0, 0.1) is 5.82 Å². The number of halogens is 2. The molecule has 0 aliphatic carbocycles. The van der Waals surface area contributed by atoms with Crippen LogP contribution in [-0.4, -0.2) is 23.7 Å². The standard InChI is InChI=1S/C10H12BrFN2O/c1-10(2-3-15-6-10)14-9-8(12)4-7(11)5-13-9/h4-5H,2-3,6H2,1H3,(H,13,14). The van der Waals surface area contributed by atoms with Gasteiger partial charge in [-0.25, -0.2) is 9.37 Å². The first-order valence-corrected chi connectivity index (χ1v) is 5.55. The maximum atomic E-state index is 13.5. The van der Waals surface area contributed by atoms with Crippen LogP contribution in [0.15, 0.2) is 16.7 Å². The molecule has 2 heterocycles. The fourth-order valence-corrected chi connectivity index (χ4v) is 1.86. The highest BCUT2D eigenvalue weighted by Gasteiger charge is 2.30. The Balaban J connectivity index is 2.16. The number of rotatable bonds is 2. The molecule has 82 valence electrons. The third-order valence-electron chi connectivity index (χ3n) is 2.45. The van der Waals surface area contributed by atoms with Crippen LogP contribution in [0.2, 0.25) is 0 Å². The van der Waals surface area contributed by atoms with E-state index in [-0.39, 0.29) is 17.2 Å². The lowest BCUT2D eigenvalue weighted by atomic mass is 10.0. The van der Waals surface area contributed by atoms with Gasteiger partial charge in [0.05, 0.1) is 12.1 Å². The second-order valence-corrected chi connectivity index (χ2v) is 4.89. The Hall–Kier alpha value is -0.680. The van der Waals surface area contributed by atoms with Gasteiger partial charge in [-0.15, -0.1) is 0 Å². The van der Waals surface area contributed by atoms with E-state index >= 15 is 0 Å². The maximum Gasteiger partial charge on any atom is 0.166 e.